The minimum absolute atomic E-state index is 0.238. The lowest BCUT2D eigenvalue weighted by Gasteiger charge is -2.09. The molecule has 1 aliphatic rings. The Hall–Kier alpha value is -3.82. The van der Waals surface area contributed by atoms with Gasteiger partial charge >= 0.3 is 23.9 Å². The van der Waals surface area contributed by atoms with Gasteiger partial charge in [-0.15, -0.1) is 0 Å². The molecule has 0 aliphatic carbocycles. The van der Waals surface area contributed by atoms with Gasteiger partial charge in [-0.2, -0.15) is 0 Å². The van der Waals surface area contributed by atoms with Crippen LogP contribution in [0.4, 0.5) is 5.69 Å². The van der Waals surface area contributed by atoms with Crippen LogP contribution < -0.4 is 0 Å². The van der Waals surface area contributed by atoms with Crippen molar-refractivity contribution in [1.82, 2.24) is 0 Å². The molecular weight excluding hydrogens is 326 g/mol. The second kappa shape index (κ2) is 4.84. The van der Waals surface area contributed by atoms with Gasteiger partial charge in [-0.1, -0.05) is 12.1 Å². The maximum absolute atomic E-state index is 11.9. The van der Waals surface area contributed by atoms with Crippen LogP contribution in [0, 0.1) is 10.1 Å². The molecule has 2 N–H and O–H groups in total. The van der Waals surface area contributed by atoms with E-state index in [0.29, 0.717) is 0 Å². The van der Waals surface area contributed by atoms with Crippen molar-refractivity contribution in [2.45, 2.75) is 0 Å². The van der Waals surface area contributed by atoms with Gasteiger partial charge in [0.25, 0.3) is 5.69 Å². The number of cyclic esters (lactones) is 2. The lowest BCUT2D eigenvalue weighted by atomic mass is 9.90. The first-order valence-electron chi connectivity index (χ1n) is 6.25. The van der Waals surface area contributed by atoms with Gasteiger partial charge in [0, 0.05) is 5.39 Å². The minimum Gasteiger partial charge on any atom is -0.478 e. The Labute approximate surface area is 131 Å². The minimum atomic E-state index is -1.85. The number of carboxylic acids is 2. The van der Waals surface area contributed by atoms with Crippen molar-refractivity contribution >= 4 is 40.3 Å². The summed E-state index contributed by atoms with van der Waals surface area (Å²) in [5, 5.41) is 29.2. The largest absolute Gasteiger partial charge is 0.478 e. The summed E-state index contributed by atoms with van der Waals surface area (Å²) in [6.07, 6.45) is 0. The van der Waals surface area contributed by atoms with Crippen LogP contribution in [0.1, 0.15) is 41.4 Å². The molecule has 0 aromatic heterocycles. The molecule has 1 aliphatic heterocycles. The van der Waals surface area contributed by atoms with E-state index in [9.17, 15) is 39.5 Å². The number of nitrogens with zero attached hydrogens (tertiary/aromatic N) is 1. The maximum atomic E-state index is 11.9. The third-order valence-electron chi connectivity index (χ3n) is 3.53. The van der Waals surface area contributed by atoms with Gasteiger partial charge < -0.3 is 14.9 Å². The molecule has 0 saturated heterocycles. The van der Waals surface area contributed by atoms with Gasteiger partial charge in [-0.3, -0.25) is 10.1 Å². The second-order valence-corrected chi connectivity index (χ2v) is 4.75. The number of nitro groups is 1. The van der Waals surface area contributed by atoms with Gasteiger partial charge in [0.2, 0.25) is 0 Å². The average Bonchev–Trinajstić information content (AvgIpc) is 2.79. The topological polar surface area (TPSA) is 161 Å². The molecule has 2 aromatic carbocycles. The number of carboxylic acid groups (broad SMARTS) is 2. The van der Waals surface area contributed by atoms with Crippen LogP contribution in [-0.2, 0) is 4.74 Å². The molecule has 0 amide bonds. The zero-order valence-corrected chi connectivity index (χ0v) is 11.4. The number of nitro benzene ring substituents is 1. The lowest BCUT2D eigenvalue weighted by molar-refractivity contribution is -0.383. The number of benzene rings is 2. The number of fused-ring (bicyclic) bond motifs is 3. The van der Waals surface area contributed by atoms with E-state index in [1.807, 2.05) is 0 Å². The molecule has 24 heavy (non-hydrogen) atoms. The molecule has 3 rings (SSSR count). The molecule has 0 fully saturated rings. The standard InChI is InChI=1S/C14H5NO9/c16-11(17)5-3-1-2-4-6(5)10(15(22)23)9(12(18)19)8-7(4)13(20)24-14(8)21/h1-3H,(H,16,17)(H,18,19). The average molecular weight is 331 g/mol. The summed E-state index contributed by atoms with van der Waals surface area (Å²) in [6.45, 7) is 0. The number of ether oxygens (including phenoxy) is 1. The van der Waals surface area contributed by atoms with E-state index >= 15 is 0 Å². The Balaban J connectivity index is 2.72. The van der Waals surface area contributed by atoms with Gasteiger partial charge in [0.1, 0.15) is 0 Å². The van der Waals surface area contributed by atoms with E-state index in [1.165, 1.54) is 12.1 Å². The van der Waals surface area contributed by atoms with E-state index in [-0.39, 0.29) is 5.39 Å². The smallest absolute Gasteiger partial charge is 0.348 e. The molecule has 0 unspecified atom stereocenters. The van der Waals surface area contributed by atoms with Crippen molar-refractivity contribution in [2.24, 2.45) is 0 Å². The fourth-order valence-corrected chi connectivity index (χ4v) is 2.69. The van der Waals surface area contributed by atoms with Gasteiger partial charge in [0.15, 0.2) is 5.56 Å². The predicted octanol–water partition coefficient (Wildman–Crippen LogP) is 1.45. The normalized spacial score (nSPS) is 12.8. The Bertz CT molecular complexity index is 1010. The Kier molecular flexibility index (Phi) is 3.04. The first-order chi connectivity index (χ1) is 11.3. The number of esters is 2. The van der Waals surface area contributed by atoms with Crippen molar-refractivity contribution < 1.29 is 39.1 Å². The van der Waals surface area contributed by atoms with E-state index < -0.39 is 62.1 Å². The van der Waals surface area contributed by atoms with E-state index in [0.717, 1.165) is 6.07 Å². The van der Waals surface area contributed by atoms with Crippen LogP contribution >= 0.6 is 0 Å². The number of rotatable bonds is 3. The third kappa shape index (κ3) is 1.83. The monoisotopic (exact) mass is 331 g/mol. The highest BCUT2D eigenvalue weighted by atomic mass is 16.6. The zero-order valence-electron chi connectivity index (χ0n) is 11.4. The fourth-order valence-electron chi connectivity index (χ4n) is 2.69. The number of carbonyl (C=O) groups is 4. The van der Waals surface area contributed by atoms with Gasteiger partial charge in [0.05, 0.1) is 27.0 Å². The van der Waals surface area contributed by atoms with Crippen LogP contribution in [-0.4, -0.2) is 39.0 Å². The first kappa shape index (κ1) is 15.1. The molecule has 10 nitrogen and oxygen atoms in total. The van der Waals surface area contributed by atoms with Crippen LogP contribution in [0.2, 0.25) is 0 Å². The molecule has 0 saturated carbocycles. The van der Waals surface area contributed by atoms with Crippen LogP contribution in [0.5, 0.6) is 0 Å². The van der Waals surface area contributed by atoms with E-state index in [1.54, 1.807) is 0 Å². The maximum Gasteiger partial charge on any atom is 0.348 e. The summed E-state index contributed by atoms with van der Waals surface area (Å²) in [5.41, 5.74) is -3.99. The van der Waals surface area contributed by atoms with Crippen molar-refractivity contribution in [3.63, 3.8) is 0 Å². The summed E-state index contributed by atoms with van der Waals surface area (Å²) in [6, 6.07) is 3.42. The molecule has 2 aromatic rings. The Morgan fingerprint density at radius 2 is 1.67 bits per heavy atom. The van der Waals surface area contributed by atoms with Gasteiger partial charge in [-0.25, -0.2) is 19.2 Å². The van der Waals surface area contributed by atoms with Crippen molar-refractivity contribution in [1.29, 1.82) is 0 Å². The summed E-state index contributed by atoms with van der Waals surface area (Å²) >= 11 is 0. The number of hydrogen-bond acceptors (Lipinski definition) is 7. The molecule has 1 heterocycles. The second-order valence-electron chi connectivity index (χ2n) is 4.75. The third-order valence-corrected chi connectivity index (χ3v) is 3.53. The number of hydrogen-bond donors (Lipinski definition) is 2. The molecule has 0 atom stereocenters. The Morgan fingerprint density at radius 3 is 2.21 bits per heavy atom. The summed E-state index contributed by atoms with van der Waals surface area (Å²) < 4.78 is 4.35. The molecule has 10 heteroatoms. The van der Waals surface area contributed by atoms with Crippen LogP contribution in [0.3, 0.4) is 0 Å². The van der Waals surface area contributed by atoms with E-state index in [2.05, 4.69) is 4.74 Å². The molecule has 0 bridgehead atoms. The summed E-state index contributed by atoms with van der Waals surface area (Å²) in [5.74, 6) is -5.94. The van der Waals surface area contributed by atoms with E-state index in [4.69, 9.17) is 0 Å². The number of aromatic carboxylic acids is 2. The van der Waals surface area contributed by atoms with Gasteiger partial charge in [-0.05, 0) is 6.07 Å². The zero-order chi connectivity index (χ0) is 17.8. The van der Waals surface area contributed by atoms with Crippen molar-refractivity contribution in [3.05, 3.63) is 50.6 Å². The molecular formula is C14H5NO9. The highest BCUT2D eigenvalue weighted by molar-refractivity contribution is 6.28. The molecule has 0 spiro atoms. The van der Waals surface area contributed by atoms with Crippen molar-refractivity contribution in [2.75, 3.05) is 0 Å². The van der Waals surface area contributed by atoms with Crippen LogP contribution in [0.25, 0.3) is 10.8 Å². The summed E-state index contributed by atoms with van der Waals surface area (Å²) in [4.78, 5) is 56.8. The highest BCUT2D eigenvalue weighted by Crippen LogP contribution is 2.41. The fraction of sp³-hybridized carbons (Fsp3) is 0. The SMILES string of the molecule is O=C1OC(=O)c2c1c(C(=O)O)c([N+](=O)[O-])c1c(C(=O)O)cccc21. The molecule has 0 radical (unpaired) electrons. The lowest BCUT2D eigenvalue weighted by Crippen LogP contribution is -2.13. The summed E-state index contributed by atoms with van der Waals surface area (Å²) in [7, 11) is 0. The quantitative estimate of drug-likeness (QED) is 0.367. The Morgan fingerprint density at radius 1 is 1.04 bits per heavy atom. The van der Waals surface area contributed by atoms with Crippen molar-refractivity contribution in [3.8, 4) is 0 Å². The molecule has 120 valence electrons. The first-order valence-corrected chi connectivity index (χ1v) is 6.25. The highest BCUT2D eigenvalue weighted by Gasteiger charge is 2.43. The number of carbonyl (C=O) groups excluding carboxylic acids is 2. The van der Waals surface area contributed by atoms with Crippen LogP contribution in [0.15, 0.2) is 18.2 Å². The predicted molar refractivity (Wildman–Crippen MR) is 74.3 cm³/mol.